The first-order chi connectivity index (χ1) is 11.2. The highest BCUT2D eigenvalue weighted by Gasteiger charge is 2.29. The molecule has 0 fully saturated rings. The lowest BCUT2D eigenvalue weighted by Crippen LogP contribution is -2.07. The summed E-state index contributed by atoms with van der Waals surface area (Å²) in [6.45, 7) is 0. The van der Waals surface area contributed by atoms with Crippen molar-refractivity contribution in [1.82, 2.24) is 0 Å². The Labute approximate surface area is 136 Å². The number of benzene rings is 2. The SMILES string of the molecule is O=[N+]([O-])c1cc(S(=O)(=O)O)cc([N+](=O)[O-])c1CCc1ccccc1. The minimum absolute atomic E-state index is 0.0254. The van der Waals surface area contributed by atoms with Crippen LogP contribution in [0.4, 0.5) is 11.4 Å². The van der Waals surface area contributed by atoms with Crippen molar-refractivity contribution in [2.75, 3.05) is 0 Å². The molecule has 2 rings (SSSR count). The topological polar surface area (TPSA) is 141 Å². The average Bonchev–Trinajstić information content (AvgIpc) is 2.51. The molecule has 0 spiro atoms. The summed E-state index contributed by atoms with van der Waals surface area (Å²) in [7, 11) is -4.81. The molecule has 0 unspecified atom stereocenters. The van der Waals surface area contributed by atoms with Crippen LogP contribution in [0.2, 0.25) is 0 Å². The van der Waals surface area contributed by atoms with Gasteiger partial charge in [0.05, 0.1) is 9.85 Å². The summed E-state index contributed by atoms with van der Waals surface area (Å²) in [6.07, 6.45) is 0.274. The molecule has 0 aromatic heterocycles. The van der Waals surface area contributed by atoms with Crippen molar-refractivity contribution in [2.45, 2.75) is 17.7 Å². The highest BCUT2D eigenvalue weighted by atomic mass is 32.2. The molecule has 10 heteroatoms. The molecular weight excluding hydrogens is 340 g/mol. The lowest BCUT2D eigenvalue weighted by molar-refractivity contribution is -0.395. The van der Waals surface area contributed by atoms with Crippen LogP contribution in [0.25, 0.3) is 0 Å². The predicted molar refractivity (Wildman–Crippen MR) is 83.4 cm³/mol. The lowest BCUT2D eigenvalue weighted by atomic mass is 10.0. The van der Waals surface area contributed by atoms with E-state index in [4.69, 9.17) is 4.55 Å². The second kappa shape index (κ2) is 6.72. The standard InChI is InChI=1S/C14H12N2O7S/c17-15(18)13-8-11(24(21,22)23)9-14(16(19)20)12(13)7-6-10-4-2-1-3-5-10/h1-5,8-9H,6-7H2,(H,21,22,23). The van der Waals surface area contributed by atoms with Gasteiger partial charge in [0.15, 0.2) is 0 Å². The van der Waals surface area contributed by atoms with Gasteiger partial charge in [0, 0.05) is 12.1 Å². The molecule has 0 atom stereocenters. The molecule has 2 aromatic rings. The van der Waals surface area contributed by atoms with E-state index in [9.17, 15) is 28.6 Å². The minimum atomic E-state index is -4.81. The van der Waals surface area contributed by atoms with Gasteiger partial charge in [-0.05, 0) is 18.4 Å². The number of hydrogen-bond donors (Lipinski definition) is 1. The van der Waals surface area contributed by atoms with Crippen LogP contribution >= 0.6 is 0 Å². The van der Waals surface area contributed by atoms with Crippen LogP contribution in [0, 0.1) is 20.2 Å². The molecule has 1 N–H and O–H groups in total. The van der Waals surface area contributed by atoms with E-state index in [2.05, 4.69) is 0 Å². The monoisotopic (exact) mass is 352 g/mol. The van der Waals surface area contributed by atoms with Crippen molar-refractivity contribution >= 4 is 21.5 Å². The molecule has 24 heavy (non-hydrogen) atoms. The third kappa shape index (κ3) is 3.91. The molecule has 2 aromatic carbocycles. The quantitative estimate of drug-likeness (QED) is 0.478. The van der Waals surface area contributed by atoms with Crippen molar-refractivity contribution in [3.63, 3.8) is 0 Å². The third-order valence-corrected chi connectivity index (χ3v) is 4.21. The maximum atomic E-state index is 11.2. The van der Waals surface area contributed by atoms with Crippen molar-refractivity contribution in [1.29, 1.82) is 0 Å². The predicted octanol–water partition coefficient (Wildman–Crippen LogP) is 2.53. The zero-order valence-corrected chi connectivity index (χ0v) is 13.0. The second-order valence-corrected chi connectivity index (χ2v) is 6.34. The summed E-state index contributed by atoms with van der Waals surface area (Å²) in [5, 5.41) is 22.4. The minimum Gasteiger partial charge on any atom is -0.282 e. The molecule has 0 bridgehead atoms. The summed E-state index contributed by atoms with van der Waals surface area (Å²) >= 11 is 0. The van der Waals surface area contributed by atoms with Crippen molar-refractivity contribution < 1.29 is 22.8 Å². The van der Waals surface area contributed by atoms with Gasteiger partial charge in [-0.2, -0.15) is 8.42 Å². The highest BCUT2D eigenvalue weighted by Crippen LogP contribution is 2.33. The summed E-state index contributed by atoms with van der Waals surface area (Å²) < 4.78 is 31.4. The molecule has 0 heterocycles. The first kappa shape index (κ1) is 17.5. The van der Waals surface area contributed by atoms with Gasteiger partial charge in [-0.25, -0.2) is 0 Å². The van der Waals surface area contributed by atoms with Crippen molar-refractivity contribution in [3.05, 3.63) is 73.8 Å². The normalized spacial score (nSPS) is 11.2. The largest absolute Gasteiger partial charge is 0.295 e. The molecule has 0 aliphatic carbocycles. The van der Waals surface area contributed by atoms with Crippen LogP contribution in [0.3, 0.4) is 0 Å². The van der Waals surface area contributed by atoms with E-state index in [0.29, 0.717) is 18.6 Å². The van der Waals surface area contributed by atoms with Gasteiger partial charge in [0.25, 0.3) is 21.5 Å². The molecule has 126 valence electrons. The third-order valence-electron chi connectivity index (χ3n) is 3.37. The Morgan fingerprint density at radius 3 is 1.83 bits per heavy atom. The molecule has 0 saturated heterocycles. The summed E-state index contributed by atoms with van der Waals surface area (Å²) in [6, 6.07) is 10.1. The number of aryl methyl sites for hydroxylation is 1. The van der Waals surface area contributed by atoms with Crippen molar-refractivity contribution in [2.24, 2.45) is 0 Å². The first-order valence-electron chi connectivity index (χ1n) is 6.67. The molecule has 0 saturated carbocycles. The van der Waals surface area contributed by atoms with E-state index in [1.54, 1.807) is 30.3 Å². The molecule has 0 aliphatic rings. The van der Waals surface area contributed by atoms with E-state index < -0.39 is 36.2 Å². The Kier molecular flexibility index (Phi) is 4.90. The van der Waals surface area contributed by atoms with Gasteiger partial charge < -0.3 is 0 Å². The second-order valence-electron chi connectivity index (χ2n) is 4.91. The fourth-order valence-corrected chi connectivity index (χ4v) is 2.78. The van der Waals surface area contributed by atoms with Gasteiger partial charge in [-0.15, -0.1) is 0 Å². The van der Waals surface area contributed by atoms with E-state index in [0.717, 1.165) is 5.56 Å². The van der Waals surface area contributed by atoms with Crippen LogP contribution in [-0.4, -0.2) is 22.8 Å². The van der Waals surface area contributed by atoms with Gasteiger partial charge >= 0.3 is 0 Å². The van der Waals surface area contributed by atoms with Crippen LogP contribution in [0.15, 0.2) is 47.4 Å². The van der Waals surface area contributed by atoms with Crippen molar-refractivity contribution in [3.8, 4) is 0 Å². The highest BCUT2D eigenvalue weighted by molar-refractivity contribution is 7.85. The number of nitro groups is 2. The van der Waals surface area contributed by atoms with Crippen LogP contribution < -0.4 is 0 Å². The van der Waals surface area contributed by atoms with E-state index in [-0.39, 0.29) is 12.0 Å². The summed E-state index contributed by atoms with van der Waals surface area (Å²) in [5.74, 6) is 0. The summed E-state index contributed by atoms with van der Waals surface area (Å²) in [5.41, 5.74) is -0.804. The molecular formula is C14H12N2O7S. The van der Waals surface area contributed by atoms with E-state index in [1.807, 2.05) is 0 Å². The lowest BCUT2D eigenvalue weighted by Gasteiger charge is -2.07. The fraction of sp³-hybridized carbons (Fsp3) is 0.143. The Bertz CT molecular complexity index is 860. The summed E-state index contributed by atoms with van der Waals surface area (Å²) in [4.78, 5) is 19.7. The van der Waals surface area contributed by atoms with Gasteiger partial charge in [0.1, 0.15) is 10.5 Å². The number of nitro benzene ring substituents is 2. The Morgan fingerprint density at radius 2 is 1.42 bits per heavy atom. The maximum absolute atomic E-state index is 11.2. The van der Waals surface area contributed by atoms with Crippen LogP contribution in [-0.2, 0) is 23.0 Å². The Morgan fingerprint density at radius 1 is 0.917 bits per heavy atom. The fourth-order valence-electron chi connectivity index (χ4n) is 2.26. The molecule has 0 radical (unpaired) electrons. The number of rotatable bonds is 6. The Hall–Kier alpha value is -2.85. The van der Waals surface area contributed by atoms with Gasteiger partial charge in [-0.1, -0.05) is 30.3 Å². The van der Waals surface area contributed by atoms with Crippen LogP contribution in [0.5, 0.6) is 0 Å². The van der Waals surface area contributed by atoms with Gasteiger partial charge in [0.2, 0.25) is 0 Å². The first-order valence-corrected chi connectivity index (χ1v) is 8.11. The van der Waals surface area contributed by atoms with Gasteiger partial charge in [-0.3, -0.25) is 24.8 Å². The molecule has 0 aliphatic heterocycles. The average molecular weight is 352 g/mol. The smallest absolute Gasteiger partial charge is 0.282 e. The van der Waals surface area contributed by atoms with E-state index in [1.165, 1.54) is 0 Å². The zero-order valence-electron chi connectivity index (χ0n) is 12.2. The molecule has 0 amide bonds. The Balaban J connectivity index is 2.55. The van der Waals surface area contributed by atoms with E-state index >= 15 is 0 Å². The molecule has 9 nitrogen and oxygen atoms in total. The number of nitrogens with zero attached hydrogens (tertiary/aromatic N) is 2. The number of hydrogen-bond acceptors (Lipinski definition) is 6. The maximum Gasteiger partial charge on any atom is 0.295 e. The van der Waals surface area contributed by atoms with Crippen LogP contribution in [0.1, 0.15) is 11.1 Å². The zero-order chi connectivity index (χ0) is 17.9.